The van der Waals surface area contributed by atoms with Gasteiger partial charge in [0.25, 0.3) is 0 Å². The molecule has 2 aromatic heterocycles. The van der Waals surface area contributed by atoms with Gasteiger partial charge >= 0.3 is 0 Å². The summed E-state index contributed by atoms with van der Waals surface area (Å²) < 4.78 is 1.87. The van der Waals surface area contributed by atoms with Crippen LogP contribution < -0.4 is 0 Å². The second-order valence-corrected chi connectivity index (χ2v) is 5.06. The zero-order chi connectivity index (χ0) is 9.42. The molecule has 2 rings (SSSR count). The predicted molar refractivity (Wildman–Crippen MR) is 65.0 cm³/mol. The first kappa shape index (κ1) is 9.62. The zero-order valence-electron chi connectivity index (χ0n) is 6.75. The monoisotopic (exact) mass is 325 g/mol. The summed E-state index contributed by atoms with van der Waals surface area (Å²) in [6.07, 6.45) is 4.06. The van der Waals surface area contributed by atoms with Crippen LogP contribution in [0, 0.1) is 6.92 Å². The van der Waals surface area contributed by atoms with E-state index in [9.17, 15) is 0 Å². The summed E-state index contributed by atoms with van der Waals surface area (Å²) in [7, 11) is 0. The van der Waals surface area contributed by atoms with Gasteiger partial charge in [-0.15, -0.1) is 0 Å². The van der Waals surface area contributed by atoms with Crippen LogP contribution in [0.2, 0.25) is 5.02 Å². The van der Waals surface area contributed by atoms with E-state index in [-0.39, 0.29) is 0 Å². The Kier molecular flexibility index (Phi) is 2.72. The van der Waals surface area contributed by atoms with Gasteiger partial charge < -0.3 is 0 Å². The smallest absolute Gasteiger partial charge is 0.162 e. The molecule has 2 aromatic rings. The highest BCUT2D eigenvalue weighted by Gasteiger charge is 2.07. The van der Waals surface area contributed by atoms with Crippen LogP contribution in [-0.4, -0.2) is 14.5 Å². The molecule has 6 heteroatoms. The summed E-state index contributed by atoms with van der Waals surface area (Å²) in [5, 5.41) is 5.95. The molecule has 0 fully saturated rings. The number of halogens is 2. The second kappa shape index (κ2) is 3.67. The van der Waals surface area contributed by atoms with E-state index in [1.807, 2.05) is 17.6 Å². The van der Waals surface area contributed by atoms with Crippen molar-refractivity contribution in [3.05, 3.63) is 23.0 Å². The van der Waals surface area contributed by atoms with Crippen molar-refractivity contribution < 1.29 is 0 Å². The summed E-state index contributed by atoms with van der Waals surface area (Å²) >= 11 is 8.21. The van der Waals surface area contributed by atoms with E-state index in [2.05, 4.69) is 32.1 Å². The minimum Gasteiger partial charge on any atom is -0.235 e. The largest absolute Gasteiger partial charge is 0.235 e. The molecule has 0 amide bonds. The van der Waals surface area contributed by atoms with Crippen LogP contribution in [0.5, 0.6) is 0 Å². The van der Waals surface area contributed by atoms with E-state index < -0.39 is 0 Å². The van der Waals surface area contributed by atoms with Crippen molar-refractivity contribution in [2.45, 2.75) is 6.92 Å². The molecular weight excluding hydrogens is 319 g/mol. The number of fused-ring (bicyclic) bond motifs is 1. The van der Waals surface area contributed by atoms with Gasteiger partial charge in [0.15, 0.2) is 5.65 Å². The molecule has 68 valence electrons. The maximum absolute atomic E-state index is 5.94. The molecule has 0 spiro atoms. The Bertz CT molecular complexity index is 456. The summed E-state index contributed by atoms with van der Waals surface area (Å²) in [5.74, 6) is 0. The van der Waals surface area contributed by atoms with Crippen LogP contribution in [0.4, 0.5) is 0 Å². The Morgan fingerprint density at radius 2 is 2.31 bits per heavy atom. The molecule has 2 heterocycles. The van der Waals surface area contributed by atoms with Crippen molar-refractivity contribution in [2.75, 3.05) is 0 Å². The summed E-state index contributed by atoms with van der Waals surface area (Å²) in [4.78, 5) is 4.24. The number of hydrogen-bond acceptors (Lipinski definition) is 2. The summed E-state index contributed by atoms with van der Waals surface area (Å²) in [6, 6.07) is 0. The molecule has 1 atom stereocenters. The van der Waals surface area contributed by atoms with Crippen molar-refractivity contribution in [2.24, 2.45) is 0 Å². The first-order valence-electron chi connectivity index (χ1n) is 3.59. The molecule has 0 radical (unpaired) electrons. The van der Waals surface area contributed by atoms with E-state index in [1.165, 1.54) is 0 Å². The third-order valence-electron chi connectivity index (χ3n) is 1.89. The average molecular weight is 325 g/mol. The molecule has 0 N–H and O–H groups in total. The van der Waals surface area contributed by atoms with Crippen LogP contribution in [-0.2, 0) is 0 Å². The lowest BCUT2D eigenvalue weighted by atomic mass is 10.2. The molecule has 0 aliphatic carbocycles. The van der Waals surface area contributed by atoms with E-state index >= 15 is 0 Å². The van der Waals surface area contributed by atoms with Crippen LogP contribution in [0.25, 0.3) is 11.0 Å². The Morgan fingerprint density at radius 1 is 1.54 bits per heavy atom. The molecule has 0 aliphatic rings. The topological polar surface area (TPSA) is 30.7 Å². The van der Waals surface area contributed by atoms with E-state index in [1.54, 1.807) is 6.20 Å². The number of pyridine rings is 1. The van der Waals surface area contributed by atoms with Gasteiger partial charge in [-0.05, 0) is 34.5 Å². The maximum Gasteiger partial charge on any atom is 0.162 e. The zero-order valence-corrected chi connectivity index (χ0v) is 10.7. The first-order chi connectivity index (χ1) is 6.24. The lowest BCUT2D eigenvalue weighted by molar-refractivity contribution is 1.02. The fourth-order valence-corrected chi connectivity index (χ4v) is 2.71. The fourth-order valence-electron chi connectivity index (χ4n) is 1.14. The molecule has 3 nitrogen and oxygen atoms in total. The quantitative estimate of drug-likeness (QED) is 0.595. The van der Waals surface area contributed by atoms with Crippen LogP contribution in [0.1, 0.15) is 5.56 Å². The van der Waals surface area contributed by atoms with Crippen molar-refractivity contribution in [3.8, 4) is 0 Å². The summed E-state index contributed by atoms with van der Waals surface area (Å²) in [6.45, 7) is 1.98. The third kappa shape index (κ3) is 1.55. The van der Waals surface area contributed by atoms with Gasteiger partial charge in [0.1, 0.15) is 0 Å². The van der Waals surface area contributed by atoms with Crippen molar-refractivity contribution in [3.63, 3.8) is 0 Å². The first-order valence-corrected chi connectivity index (χ1v) is 8.03. The number of aromatic nitrogens is 3. The number of nitrogens with zero attached hydrogens (tertiary/aromatic N) is 3. The average Bonchev–Trinajstić information content (AvgIpc) is 2.55. The molecule has 0 aliphatic heterocycles. The van der Waals surface area contributed by atoms with Crippen molar-refractivity contribution in [1.82, 2.24) is 14.5 Å². The van der Waals surface area contributed by atoms with Crippen molar-refractivity contribution >= 4 is 51.0 Å². The highest BCUT2D eigenvalue weighted by Crippen LogP contribution is 2.30. The van der Waals surface area contributed by atoms with E-state index in [0.29, 0.717) is 11.4 Å². The molecule has 13 heavy (non-hydrogen) atoms. The predicted octanol–water partition coefficient (Wildman–Crippen LogP) is 3.18. The lowest BCUT2D eigenvalue weighted by Gasteiger charge is -1.99. The second-order valence-electron chi connectivity index (χ2n) is 2.61. The van der Waals surface area contributed by atoms with Crippen LogP contribution in [0.3, 0.4) is 0 Å². The fraction of sp³-hybridized carbons (Fsp3) is 0.143. The SMILES string of the molecule is Cc1c(Cl)cnc2c1cnn2PI. The van der Waals surface area contributed by atoms with Gasteiger partial charge in [0, 0.05) is 11.6 Å². The molecule has 0 saturated heterocycles. The van der Waals surface area contributed by atoms with Crippen molar-refractivity contribution in [1.29, 1.82) is 0 Å². The highest BCUT2D eigenvalue weighted by atomic mass is 127. The van der Waals surface area contributed by atoms with Gasteiger partial charge in [0.2, 0.25) is 0 Å². The molecular formula is C7H6ClIN3P. The third-order valence-corrected chi connectivity index (χ3v) is 4.13. The summed E-state index contributed by atoms with van der Waals surface area (Å²) in [5.41, 5.74) is 1.96. The van der Waals surface area contributed by atoms with Gasteiger partial charge in [-0.3, -0.25) is 0 Å². The van der Waals surface area contributed by atoms with Crippen LogP contribution >= 0.6 is 40.0 Å². The molecule has 0 saturated carbocycles. The number of aryl methyl sites for hydroxylation is 1. The normalized spacial score (nSPS) is 11.9. The van der Waals surface area contributed by atoms with Crippen LogP contribution in [0.15, 0.2) is 12.4 Å². The van der Waals surface area contributed by atoms with E-state index in [4.69, 9.17) is 11.6 Å². The maximum atomic E-state index is 5.94. The van der Waals surface area contributed by atoms with Gasteiger partial charge in [-0.2, -0.15) is 5.10 Å². The Balaban J connectivity index is 2.81. The Hall–Kier alpha value is 0.0700. The standard InChI is InChI=1S/C7H6ClIN3P/c1-4-5-2-11-12(13-9)7(5)10-3-6(4)8/h2-3,13H,1H3. The minimum absolute atomic E-state index is 0.571. The molecule has 1 unspecified atom stereocenters. The Labute approximate surface area is 95.2 Å². The lowest BCUT2D eigenvalue weighted by Crippen LogP contribution is -1.87. The van der Waals surface area contributed by atoms with Gasteiger partial charge in [-0.25, -0.2) is 9.44 Å². The molecule has 0 aromatic carbocycles. The van der Waals surface area contributed by atoms with E-state index in [0.717, 1.165) is 16.6 Å². The molecule has 0 bridgehead atoms. The van der Waals surface area contributed by atoms with Gasteiger partial charge in [-0.1, -0.05) is 11.6 Å². The number of hydrogen-bond donors (Lipinski definition) is 0. The number of rotatable bonds is 1. The highest BCUT2D eigenvalue weighted by molar-refractivity contribution is 14.2. The Morgan fingerprint density at radius 3 is 3.00 bits per heavy atom. The van der Waals surface area contributed by atoms with Gasteiger partial charge in [0.05, 0.1) is 17.6 Å². The minimum atomic E-state index is 0.571.